The molecule has 1 saturated carbocycles. The van der Waals surface area contributed by atoms with Gasteiger partial charge in [0.1, 0.15) is 12.4 Å². The summed E-state index contributed by atoms with van der Waals surface area (Å²) < 4.78 is 39.1. The van der Waals surface area contributed by atoms with E-state index in [-0.39, 0.29) is 33.9 Å². The normalized spacial score (nSPS) is 25.5. The van der Waals surface area contributed by atoms with Gasteiger partial charge in [0.25, 0.3) is 0 Å². The highest BCUT2D eigenvalue weighted by molar-refractivity contribution is 7.89. The van der Waals surface area contributed by atoms with Crippen LogP contribution in [0.4, 0.5) is 0 Å². The summed E-state index contributed by atoms with van der Waals surface area (Å²) in [6, 6.07) is 6.12. The van der Waals surface area contributed by atoms with Gasteiger partial charge in [0.2, 0.25) is 10.0 Å². The first-order valence-electron chi connectivity index (χ1n) is 10.6. The first-order valence-corrected chi connectivity index (χ1v) is 12.1. The van der Waals surface area contributed by atoms with Gasteiger partial charge in [-0.3, -0.25) is 0 Å². The molecule has 7 nitrogen and oxygen atoms in total. The zero-order chi connectivity index (χ0) is 22.6. The Morgan fingerprint density at radius 1 is 1.26 bits per heavy atom. The maximum absolute atomic E-state index is 13.5. The Morgan fingerprint density at radius 3 is 2.68 bits per heavy atom. The summed E-state index contributed by atoms with van der Waals surface area (Å²) in [5.74, 6) is 0.0171. The molecule has 1 aromatic carbocycles. The summed E-state index contributed by atoms with van der Waals surface area (Å²) in [7, 11) is -3.71. The van der Waals surface area contributed by atoms with E-state index in [0.29, 0.717) is 18.0 Å². The molecule has 2 aliphatic rings. The smallest absolute Gasteiger partial charge is 0.338 e. The van der Waals surface area contributed by atoms with Gasteiger partial charge in [-0.2, -0.15) is 4.31 Å². The van der Waals surface area contributed by atoms with Gasteiger partial charge in [0.05, 0.1) is 21.7 Å². The Kier molecular flexibility index (Phi) is 5.29. The third-order valence-corrected chi connectivity index (χ3v) is 8.47. The minimum Gasteiger partial charge on any atom is -0.457 e. The molecule has 1 aromatic heterocycles. The molecule has 2 atom stereocenters. The van der Waals surface area contributed by atoms with Crippen molar-refractivity contribution < 1.29 is 22.5 Å². The predicted molar refractivity (Wildman–Crippen MR) is 115 cm³/mol. The van der Waals surface area contributed by atoms with E-state index in [0.717, 1.165) is 24.8 Å². The second-order valence-electron chi connectivity index (χ2n) is 10.2. The topological polar surface area (TPSA) is 89.7 Å². The molecule has 31 heavy (non-hydrogen) atoms. The fourth-order valence-corrected chi connectivity index (χ4v) is 7.36. The second-order valence-corrected chi connectivity index (χ2v) is 12.1. The summed E-state index contributed by atoms with van der Waals surface area (Å²) in [5, 5.41) is 3.85. The third kappa shape index (κ3) is 4.15. The molecule has 168 valence electrons. The molecular weight excluding hydrogens is 416 g/mol. The van der Waals surface area contributed by atoms with Crippen LogP contribution in [0.2, 0.25) is 0 Å². The standard InChI is InChI=1S/C23H30N2O5S/c1-15-20(16(2)30-24-15)12-29-21(26)17-7-6-8-19(9-17)31(27,28)25-14-23(5)11-18(25)10-22(3,4)13-23/h6-9,18H,10-14H2,1-5H3/t18-,23+/m1/s1. The van der Waals surface area contributed by atoms with E-state index >= 15 is 0 Å². The predicted octanol–water partition coefficient (Wildman–Crippen LogP) is 4.24. The molecule has 1 aliphatic carbocycles. The number of esters is 1. The van der Waals surface area contributed by atoms with Gasteiger partial charge in [-0.15, -0.1) is 0 Å². The van der Waals surface area contributed by atoms with Crippen molar-refractivity contribution in [2.45, 2.75) is 71.4 Å². The third-order valence-electron chi connectivity index (χ3n) is 6.57. The number of carbonyl (C=O) groups is 1. The number of carbonyl (C=O) groups excluding carboxylic acids is 1. The maximum atomic E-state index is 13.5. The number of nitrogens with zero attached hydrogens (tertiary/aromatic N) is 2. The minimum atomic E-state index is -3.71. The van der Waals surface area contributed by atoms with E-state index in [1.165, 1.54) is 6.07 Å². The van der Waals surface area contributed by atoms with Gasteiger partial charge in [0.15, 0.2) is 0 Å². The van der Waals surface area contributed by atoms with Crippen LogP contribution in [0.3, 0.4) is 0 Å². The number of aryl methyl sites for hydroxylation is 2. The van der Waals surface area contributed by atoms with Gasteiger partial charge in [-0.05, 0) is 62.1 Å². The van der Waals surface area contributed by atoms with Gasteiger partial charge >= 0.3 is 5.97 Å². The summed E-state index contributed by atoms with van der Waals surface area (Å²) in [5.41, 5.74) is 1.70. The van der Waals surface area contributed by atoms with Gasteiger partial charge in [-0.1, -0.05) is 32.0 Å². The molecule has 1 saturated heterocycles. The van der Waals surface area contributed by atoms with Crippen LogP contribution in [-0.2, 0) is 21.4 Å². The van der Waals surface area contributed by atoms with Crippen molar-refractivity contribution in [1.29, 1.82) is 0 Å². The van der Waals surface area contributed by atoms with Crippen LogP contribution in [0, 0.1) is 24.7 Å². The Morgan fingerprint density at radius 2 is 2.00 bits per heavy atom. The van der Waals surface area contributed by atoms with E-state index < -0.39 is 16.0 Å². The van der Waals surface area contributed by atoms with E-state index in [9.17, 15) is 13.2 Å². The Balaban J connectivity index is 1.54. The van der Waals surface area contributed by atoms with E-state index in [1.807, 2.05) is 0 Å². The largest absolute Gasteiger partial charge is 0.457 e. The molecule has 2 aromatic rings. The van der Waals surface area contributed by atoms with Crippen LogP contribution in [0.5, 0.6) is 0 Å². The number of hydrogen-bond donors (Lipinski definition) is 0. The van der Waals surface area contributed by atoms with Gasteiger partial charge in [0, 0.05) is 12.6 Å². The zero-order valence-corrected chi connectivity index (χ0v) is 19.6. The molecule has 2 bridgehead atoms. The maximum Gasteiger partial charge on any atom is 0.338 e. The Labute approximate surface area is 183 Å². The van der Waals surface area contributed by atoms with Crippen molar-refractivity contribution in [3.8, 4) is 0 Å². The molecule has 0 unspecified atom stereocenters. The van der Waals surface area contributed by atoms with Crippen molar-refractivity contribution in [3.05, 3.63) is 46.8 Å². The summed E-state index contributed by atoms with van der Waals surface area (Å²) in [6.07, 6.45) is 2.74. The molecule has 2 heterocycles. The lowest BCUT2D eigenvalue weighted by atomic mass is 9.65. The van der Waals surface area contributed by atoms with Crippen LogP contribution in [0.15, 0.2) is 33.7 Å². The lowest BCUT2D eigenvalue weighted by molar-refractivity contribution is 0.0470. The summed E-state index contributed by atoms with van der Waals surface area (Å²) in [6.45, 7) is 10.7. The minimum absolute atomic E-state index is 0.00565. The number of sulfonamides is 1. The second kappa shape index (κ2) is 7.45. The molecule has 0 radical (unpaired) electrons. The summed E-state index contributed by atoms with van der Waals surface area (Å²) >= 11 is 0. The number of benzene rings is 1. The van der Waals surface area contributed by atoms with Crippen molar-refractivity contribution in [2.75, 3.05) is 6.54 Å². The lowest BCUT2D eigenvalue weighted by Gasteiger charge is -2.39. The van der Waals surface area contributed by atoms with Crippen molar-refractivity contribution in [1.82, 2.24) is 9.46 Å². The molecule has 4 rings (SSSR count). The molecule has 8 heteroatoms. The van der Waals surface area contributed by atoms with E-state index in [1.54, 1.807) is 36.4 Å². The highest BCUT2D eigenvalue weighted by atomic mass is 32.2. The lowest BCUT2D eigenvalue weighted by Crippen LogP contribution is -2.37. The Hall–Kier alpha value is -2.19. The van der Waals surface area contributed by atoms with Gasteiger partial charge in [-0.25, -0.2) is 13.2 Å². The Bertz CT molecular complexity index is 1100. The van der Waals surface area contributed by atoms with Crippen LogP contribution in [0.1, 0.15) is 67.4 Å². The molecular formula is C23H30N2O5S. The fourth-order valence-electron chi connectivity index (χ4n) is 5.54. The number of fused-ring (bicyclic) bond motifs is 2. The summed E-state index contributed by atoms with van der Waals surface area (Å²) in [4.78, 5) is 12.7. The monoisotopic (exact) mass is 446 g/mol. The molecule has 0 spiro atoms. The molecule has 0 N–H and O–H groups in total. The number of ether oxygens (including phenoxy) is 1. The zero-order valence-electron chi connectivity index (χ0n) is 18.8. The quantitative estimate of drug-likeness (QED) is 0.638. The average Bonchev–Trinajstić information content (AvgIpc) is 3.14. The van der Waals surface area contributed by atoms with E-state index in [2.05, 4.69) is 25.9 Å². The first-order chi connectivity index (χ1) is 14.4. The van der Waals surface area contributed by atoms with Crippen LogP contribution >= 0.6 is 0 Å². The molecule has 1 aliphatic heterocycles. The SMILES string of the molecule is Cc1noc(C)c1COC(=O)c1cccc(S(=O)(=O)N2C[C@@]3(C)C[C@H]2CC(C)(C)C3)c1. The molecule has 2 fully saturated rings. The van der Waals surface area contributed by atoms with Crippen LogP contribution in [0.25, 0.3) is 0 Å². The number of rotatable bonds is 5. The number of hydrogen-bond acceptors (Lipinski definition) is 6. The van der Waals surface area contributed by atoms with Crippen LogP contribution < -0.4 is 0 Å². The number of aromatic nitrogens is 1. The van der Waals surface area contributed by atoms with E-state index in [4.69, 9.17) is 9.26 Å². The highest BCUT2D eigenvalue weighted by Gasteiger charge is 2.53. The van der Waals surface area contributed by atoms with Crippen molar-refractivity contribution in [2.24, 2.45) is 10.8 Å². The molecule has 0 amide bonds. The fraction of sp³-hybridized carbons (Fsp3) is 0.565. The van der Waals surface area contributed by atoms with Crippen molar-refractivity contribution in [3.63, 3.8) is 0 Å². The van der Waals surface area contributed by atoms with Crippen LogP contribution in [-0.4, -0.2) is 36.4 Å². The van der Waals surface area contributed by atoms with Gasteiger partial charge < -0.3 is 9.26 Å². The first kappa shape index (κ1) is 22.0. The average molecular weight is 447 g/mol. The highest BCUT2D eigenvalue weighted by Crippen LogP contribution is 2.53. The van der Waals surface area contributed by atoms with Crippen molar-refractivity contribution >= 4 is 16.0 Å².